The number of para-hydroxylation sites is 1. The Labute approximate surface area is 123 Å². The molecule has 0 aliphatic carbocycles. The molecule has 6 nitrogen and oxygen atoms in total. The van der Waals surface area contributed by atoms with Gasteiger partial charge in [-0.25, -0.2) is 0 Å². The SMILES string of the molecule is CCn1nccc1COc1ccccc1CC(N)C(=O)O. The van der Waals surface area contributed by atoms with Gasteiger partial charge in [0.1, 0.15) is 18.4 Å². The molecular formula is C15H19N3O3. The molecule has 0 saturated heterocycles. The second kappa shape index (κ2) is 6.90. The summed E-state index contributed by atoms with van der Waals surface area (Å²) in [5.41, 5.74) is 7.34. The maximum absolute atomic E-state index is 10.9. The predicted molar refractivity (Wildman–Crippen MR) is 78.0 cm³/mol. The maximum atomic E-state index is 10.9. The molecular weight excluding hydrogens is 270 g/mol. The molecule has 6 heteroatoms. The van der Waals surface area contributed by atoms with E-state index in [1.807, 2.05) is 41.9 Å². The first-order valence-electron chi connectivity index (χ1n) is 6.81. The number of nitrogens with two attached hydrogens (primary N) is 1. The summed E-state index contributed by atoms with van der Waals surface area (Å²) in [6.45, 7) is 3.17. The summed E-state index contributed by atoms with van der Waals surface area (Å²) >= 11 is 0. The molecule has 0 spiro atoms. The summed E-state index contributed by atoms with van der Waals surface area (Å²) in [6.07, 6.45) is 1.97. The number of carboxylic acid groups (broad SMARTS) is 1. The van der Waals surface area contributed by atoms with Crippen LogP contribution in [0.4, 0.5) is 0 Å². The lowest BCUT2D eigenvalue weighted by Gasteiger charge is -2.13. The van der Waals surface area contributed by atoms with Crippen LogP contribution in [0.1, 0.15) is 18.2 Å². The van der Waals surface area contributed by atoms with E-state index < -0.39 is 12.0 Å². The number of carbonyl (C=O) groups is 1. The van der Waals surface area contributed by atoms with E-state index in [1.54, 1.807) is 6.20 Å². The highest BCUT2D eigenvalue weighted by molar-refractivity contribution is 5.73. The van der Waals surface area contributed by atoms with E-state index in [0.717, 1.165) is 17.8 Å². The fraction of sp³-hybridized carbons (Fsp3) is 0.333. The molecule has 1 atom stereocenters. The van der Waals surface area contributed by atoms with Crippen LogP contribution in [-0.4, -0.2) is 26.9 Å². The fourth-order valence-electron chi connectivity index (χ4n) is 2.06. The molecule has 112 valence electrons. The standard InChI is InChI=1S/C15H19N3O3/c1-2-18-12(7-8-17-18)10-21-14-6-4-3-5-11(14)9-13(16)15(19)20/h3-8,13H,2,9-10,16H2,1H3,(H,19,20). The molecule has 0 amide bonds. The third-order valence-corrected chi connectivity index (χ3v) is 3.21. The van der Waals surface area contributed by atoms with Crippen LogP contribution in [0.15, 0.2) is 36.5 Å². The van der Waals surface area contributed by atoms with E-state index in [4.69, 9.17) is 15.6 Å². The number of benzene rings is 1. The normalized spacial score (nSPS) is 12.1. The monoisotopic (exact) mass is 289 g/mol. The van der Waals surface area contributed by atoms with Crippen LogP contribution in [0.3, 0.4) is 0 Å². The lowest BCUT2D eigenvalue weighted by molar-refractivity contribution is -0.138. The number of hydrogen-bond donors (Lipinski definition) is 2. The van der Waals surface area contributed by atoms with Gasteiger partial charge in [-0.2, -0.15) is 5.10 Å². The van der Waals surface area contributed by atoms with Crippen molar-refractivity contribution in [3.8, 4) is 5.75 Å². The summed E-state index contributed by atoms with van der Waals surface area (Å²) < 4.78 is 7.65. The number of aliphatic carboxylic acids is 1. The minimum absolute atomic E-state index is 0.235. The van der Waals surface area contributed by atoms with Gasteiger partial charge in [0, 0.05) is 19.2 Å². The van der Waals surface area contributed by atoms with Gasteiger partial charge in [-0.15, -0.1) is 0 Å². The molecule has 1 aromatic carbocycles. The second-order valence-electron chi connectivity index (χ2n) is 4.68. The zero-order valence-corrected chi connectivity index (χ0v) is 11.9. The van der Waals surface area contributed by atoms with E-state index in [2.05, 4.69) is 5.10 Å². The lowest BCUT2D eigenvalue weighted by atomic mass is 10.1. The number of ether oxygens (including phenoxy) is 1. The van der Waals surface area contributed by atoms with Crippen molar-refractivity contribution in [3.63, 3.8) is 0 Å². The van der Waals surface area contributed by atoms with Gasteiger partial charge in [-0.05, 0) is 24.6 Å². The number of aryl methyl sites for hydroxylation is 1. The molecule has 1 heterocycles. The number of rotatable bonds is 7. The third kappa shape index (κ3) is 3.82. The summed E-state index contributed by atoms with van der Waals surface area (Å²) in [5.74, 6) is -0.369. The average Bonchev–Trinajstić information content (AvgIpc) is 2.93. The fourth-order valence-corrected chi connectivity index (χ4v) is 2.06. The van der Waals surface area contributed by atoms with Crippen molar-refractivity contribution in [1.82, 2.24) is 9.78 Å². The van der Waals surface area contributed by atoms with Gasteiger partial charge >= 0.3 is 5.97 Å². The van der Waals surface area contributed by atoms with E-state index >= 15 is 0 Å². The van der Waals surface area contributed by atoms with Crippen LogP contribution in [0.5, 0.6) is 5.75 Å². The minimum atomic E-state index is -1.02. The molecule has 0 aliphatic rings. The zero-order chi connectivity index (χ0) is 15.2. The van der Waals surface area contributed by atoms with Crippen molar-refractivity contribution in [2.45, 2.75) is 32.5 Å². The average molecular weight is 289 g/mol. The van der Waals surface area contributed by atoms with Crippen LogP contribution in [-0.2, 0) is 24.4 Å². The van der Waals surface area contributed by atoms with Crippen LogP contribution in [0, 0.1) is 0 Å². The molecule has 0 saturated carbocycles. The zero-order valence-electron chi connectivity index (χ0n) is 11.9. The Morgan fingerprint density at radius 1 is 1.43 bits per heavy atom. The highest BCUT2D eigenvalue weighted by atomic mass is 16.5. The first-order valence-corrected chi connectivity index (χ1v) is 6.81. The van der Waals surface area contributed by atoms with Crippen molar-refractivity contribution in [1.29, 1.82) is 0 Å². The van der Waals surface area contributed by atoms with Crippen molar-refractivity contribution in [2.75, 3.05) is 0 Å². The molecule has 0 aliphatic heterocycles. The van der Waals surface area contributed by atoms with Crippen LogP contribution < -0.4 is 10.5 Å². The van der Waals surface area contributed by atoms with Crippen molar-refractivity contribution >= 4 is 5.97 Å². The molecule has 0 fully saturated rings. The number of aromatic nitrogens is 2. The molecule has 1 unspecified atom stereocenters. The summed E-state index contributed by atoms with van der Waals surface area (Å²) in [7, 11) is 0. The van der Waals surface area contributed by atoms with Crippen molar-refractivity contribution in [2.24, 2.45) is 5.73 Å². The molecule has 1 aromatic heterocycles. The highest BCUT2D eigenvalue weighted by Crippen LogP contribution is 2.20. The van der Waals surface area contributed by atoms with Crippen molar-refractivity contribution in [3.05, 3.63) is 47.8 Å². The molecule has 0 radical (unpaired) electrons. The van der Waals surface area contributed by atoms with Gasteiger partial charge in [-0.3, -0.25) is 9.48 Å². The maximum Gasteiger partial charge on any atom is 0.320 e. The van der Waals surface area contributed by atoms with E-state index in [9.17, 15) is 4.79 Å². The number of hydrogen-bond acceptors (Lipinski definition) is 4. The molecule has 2 rings (SSSR count). The Bertz CT molecular complexity index is 610. The lowest BCUT2D eigenvalue weighted by Crippen LogP contribution is -2.32. The Hall–Kier alpha value is -2.34. The predicted octanol–water partition coefficient (Wildman–Crippen LogP) is 1.44. The van der Waals surface area contributed by atoms with Gasteiger partial charge in [0.15, 0.2) is 0 Å². The molecule has 2 aromatic rings. The first-order chi connectivity index (χ1) is 10.1. The van der Waals surface area contributed by atoms with E-state index in [1.165, 1.54) is 0 Å². The van der Waals surface area contributed by atoms with Crippen LogP contribution in [0.2, 0.25) is 0 Å². The first kappa shape index (κ1) is 15.1. The summed E-state index contributed by atoms with van der Waals surface area (Å²) in [6, 6.07) is 8.30. The van der Waals surface area contributed by atoms with Gasteiger partial charge in [0.25, 0.3) is 0 Å². The van der Waals surface area contributed by atoms with Gasteiger partial charge in [-0.1, -0.05) is 18.2 Å². The topological polar surface area (TPSA) is 90.4 Å². The molecule has 0 bridgehead atoms. The van der Waals surface area contributed by atoms with Crippen LogP contribution in [0.25, 0.3) is 0 Å². The minimum Gasteiger partial charge on any atom is -0.487 e. The Balaban J connectivity index is 2.08. The second-order valence-corrected chi connectivity index (χ2v) is 4.68. The summed E-state index contributed by atoms with van der Waals surface area (Å²) in [4.78, 5) is 10.9. The Morgan fingerprint density at radius 2 is 2.19 bits per heavy atom. The highest BCUT2D eigenvalue weighted by Gasteiger charge is 2.15. The Morgan fingerprint density at radius 3 is 2.90 bits per heavy atom. The largest absolute Gasteiger partial charge is 0.487 e. The van der Waals surface area contributed by atoms with E-state index in [-0.39, 0.29) is 6.42 Å². The summed E-state index contributed by atoms with van der Waals surface area (Å²) in [5, 5.41) is 13.1. The van der Waals surface area contributed by atoms with E-state index in [0.29, 0.717) is 12.4 Å². The number of nitrogens with zero attached hydrogens (tertiary/aromatic N) is 2. The van der Waals surface area contributed by atoms with Crippen molar-refractivity contribution < 1.29 is 14.6 Å². The molecule has 3 N–H and O–H groups in total. The van der Waals surface area contributed by atoms with Gasteiger partial charge in [0.2, 0.25) is 0 Å². The van der Waals surface area contributed by atoms with Gasteiger partial charge < -0.3 is 15.6 Å². The smallest absolute Gasteiger partial charge is 0.320 e. The number of carboxylic acids is 1. The van der Waals surface area contributed by atoms with Crippen LogP contribution >= 0.6 is 0 Å². The third-order valence-electron chi connectivity index (χ3n) is 3.21. The van der Waals surface area contributed by atoms with Gasteiger partial charge in [0.05, 0.1) is 5.69 Å². The quantitative estimate of drug-likeness (QED) is 0.805. The molecule has 21 heavy (non-hydrogen) atoms. The Kier molecular flexibility index (Phi) is 4.94.